The van der Waals surface area contributed by atoms with Gasteiger partial charge in [-0.05, 0) is 24.3 Å². The van der Waals surface area contributed by atoms with Gasteiger partial charge in [-0.15, -0.1) is 0 Å². The normalized spacial score (nSPS) is 16.7. The van der Waals surface area contributed by atoms with E-state index in [9.17, 15) is 33.8 Å². The van der Waals surface area contributed by atoms with Gasteiger partial charge in [0.2, 0.25) is 0 Å². The molecule has 0 aromatic heterocycles. The molecule has 0 spiro atoms. The Bertz CT molecular complexity index is 634. The maximum absolute atomic E-state index is 11.2. The average molecular weight is 658 g/mol. The summed E-state index contributed by atoms with van der Waals surface area (Å²) in [5.74, 6) is 0. The van der Waals surface area contributed by atoms with Crippen LogP contribution >= 0.6 is 11.8 Å². The van der Waals surface area contributed by atoms with Crippen LogP contribution in [0.2, 0.25) is 0 Å². The predicted octanol–water partition coefficient (Wildman–Crippen LogP) is 8.12. The second-order valence-electron chi connectivity index (χ2n) is 4.64. The minimum Gasteiger partial charge on any atom is -0.0901 e. The van der Waals surface area contributed by atoms with Crippen molar-refractivity contribution in [1.29, 1.82) is 0 Å². The van der Waals surface area contributed by atoms with Gasteiger partial charge in [0.15, 0.2) is 0 Å². The molecule has 15 heteroatoms. The van der Waals surface area contributed by atoms with E-state index in [0.29, 0.717) is 0 Å². The van der Waals surface area contributed by atoms with Crippen molar-refractivity contribution in [2.75, 3.05) is 0 Å². The molecule has 0 saturated heterocycles. The van der Waals surface area contributed by atoms with Crippen LogP contribution in [0.15, 0.2) is 70.5 Å². The largest absolute Gasteiger partial charge is 0.0901 e. The Hall–Kier alpha value is -0.414. The molecule has 27 heavy (non-hydrogen) atoms. The molecule has 0 radical (unpaired) electrons. The molecule has 2 aromatic carbocycles. The van der Waals surface area contributed by atoms with E-state index in [1.54, 1.807) is 11.8 Å². The van der Waals surface area contributed by atoms with Gasteiger partial charge in [0, 0.05) is 9.79 Å². The van der Waals surface area contributed by atoms with Gasteiger partial charge < -0.3 is 0 Å². The Morgan fingerprint density at radius 3 is 0.778 bits per heavy atom. The zero-order chi connectivity index (χ0) is 21.7. The Morgan fingerprint density at radius 1 is 0.407 bits per heavy atom. The minimum absolute atomic E-state index is 1.29. The van der Waals surface area contributed by atoms with Crippen molar-refractivity contribution in [1.82, 2.24) is 0 Å². The molecule has 0 atom stereocenters. The van der Waals surface area contributed by atoms with Gasteiger partial charge in [-0.25, -0.2) is 0 Å². The number of rotatable bonds is 2. The summed E-state index contributed by atoms with van der Waals surface area (Å²) in [6.45, 7) is 0. The first-order chi connectivity index (χ1) is 11.3. The fourth-order valence-electron chi connectivity index (χ4n) is 1.11. The Kier molecular flexibility index (Phi) is 7.02. The van der Waals surface area contributed by atoms with Crippen LogP contribution in [0.4, 0.5) is 33.8 Å². The van der Waals surface area contributed by atoms with Crippen LogP contribution < -0.4 is 0 Å². The smallest absolute Gasteiger partial charge is 0.0122 e. The molecule has 0 nitrogen and oxygen atoms in total. The van der Waals surface area contributed by atoms with E-state index in [0.717, 1.165) is 0 Å². The van der Waals surface area contributed by atoms with E-state index in [1.807, 2.05) is 12.1 Å². The molecule has 0 aliphatic carbocycles. The van der Waals surface area contributed by atoms with E-state index >= 15 is 0 Å². The van der Waals surface area contributed by atoms with Gasteiger partial charge in [0.25, 0.3) is 0 Å². The van der Waals surface area contributed by atoms with Crippen molar-refractivity contribution >= 4 is 50.7 Å². The average Bonchev–Trinajstić information content (AvgIpc) is 2.33. The Balaban J connectivity index is 0.000000416. The Morgan fingerprint density at radius 2 is 0.593 bits per heavy atom. The summed E-state index contributed by atoms with van der Waals surface area (Å²) in [4.78, 5) is 2.57. The van der Waals surface area contributed by atoms with E-state index in [4.69, 9.17) is 0 Å². The molecule has 0 unspecified atom stereocenters. The SMILES string of the molecule is [F][Sb-]([F])([F])([F])([F])[F].[F][Sb-]([F])([F])([F])([F])[F].c1ccc(Sc2ccccc2)cc1. The van der Waals surface area contributed by atoms with E-state index in [1.165, 1.54) is 9.79 Å². The third-order valence-corrected chi connectivity index (χ3v) is 2.74. The summed E-state index contributed by atoms with van der Waals surface area (Å²) >= 11 is -20.7. The van der Waals surface area contributed by atoms with Crippen molar-refractivity contribution in [2.45, 2.75) is 9.79 Å². The number of hydrogen-bond acceptors (Lipinski definition) is 1. The number of benzene rings is 2. The molecule has 0 saturated carbocycles. The third kappa shape index (κ3) is 37.1. The molecular formula is C12H10F12SSb2-2. The van der Waals surface area contributed by atoms with E-state index in [2.05, 4.69) is 48.5 Å². The van der Waals surface area contributed by atoms with Gasteiger partial charge in [0.1, 0.15) is 0 Å². The summed E-state index contributed by atoms with van der Waals surface area (Å²) in [6, 6.07) is 20.8. The van der Waals surface area contributed by atoms with Crippen molar-refractivity contribution in [3.63, 3.8) is 0 Å². The van der Waals surface area contributed by atoms with Gasteiger partial charge in [0.05, 0.1) is 0 Å². The van der Waals surface area contributed by atoms with E-state index in [-0.39, 0.29) is 0 Å². The van der Waals surface area contributed by atoms with Crippen LogP contribution in [0.25, 0.3) is 0 Å². The van der Waals surface area contributed by atoms with Gasteiger partial charge >= 0.3 is 72.7 Å². The molecule has 160 valence electrons. The Labute approximate surface area is 154 Å². The summed E-state index contributed by atoms with van der Waals surface area (Å²) in [5, 5.41) is 0. The van der Waals surface area contributed by atoms with Crippen molar-refractivity contribution in [2.24, 2.45) is 0 Å². The fraction of sp³-hybridized carbons (Fsp3) is 0. The van der Waals surface area contributed by atoms with Crippen LogP contribution in [-0.2, 0) is 0 Å². The molecule has 0 heterocycles. The monoisotopic (exact) mass is 656 g/mol. The standard InChI is InChI=1S/C12H10S.12FH.2Sb/c1-3-7-11(8-4-1)13-12-9-5-2-6-10-12;;;;;;;;;;;;;;/h1-10H;12*1H;;/q;;;;;;;;;;;;;2*+5/p-12. The molecule has 0 N–H and O–H groups in total. The first-order valence-electron chi connectivity index (χ1n) is 6.26. The minimum atomic E-state index is -11.2. The molecular weight excluding hydrogens is 648 g/mol. The van der Waals surface area contributed by atoms with Crippen LogP contribution in [-0.4, -0.2) is 39.0 Å². The summed E-state index contributed by atoms with van der Waals surface area (Å²) in [7, 11) is 0. The van der Waals surface area contributed by atoms with Gasteiger partial charge in [-0.3, -0.25) is 0 Å². The molecule has 0 aliphatic heterocycles. The van der Waals surface area contributed by atoms with Crippen molar-refractivity contribution in [3.8, 4) is 0 Å². The first-order valence-corrected chi connectivity index (χ1v) is 18.7. The zero-order valence-electron chi connectivity index (χ0n) is 12.6. The summed E-state index contributed by atoms with van der Waals surface area (Å²) < 4.78 is 119. The second kappa shape index (κ2) is 7.13. The molecule has 0 fully saturated rings. The molecule has 0 aliphatic rings. The molecule has 0 bridgehead atoms. The van der Waals surface area contributed by atoms with E-state index < -0.39 is 39.0 Å². The van der Waals surface area contributed by atoms with Crippen molar-refractivity contribution < 1.29 is 33.8 Å². The maximum Gasteiger partial charge on any atom is 0.0122 e. The topological polar surface area (TPSA) is 0 Å². The number of hydrogen-bond donors (Lipinski definition) is 0. The fourth-order valence-corrected chi connectivity index (χ4v) is 1.97. The van der Waals surface area contributed by atoms with Crippen LogP contribution in [0.3, 0.4) is 0 Å². The third-order valence-electron chi connectivity index (χ3n) is 1.72. The van der Waals surface area contributed by atoms with Gasteiger partial charge in [-0.1, -0.05) is 48.2 Å². The summed E-state index contributed by atoms with van der Waals surface area (Å²) in [5.41, 5.74) is 0. The quantitative estimate of drug-likeness (QED) is 0.232. The predicted molar refractivity (Wildman–Crippen MR) is 81.8 cm³/mol. The van der Waals surface area contributed by atoms with Crippen LogP contribution in [0.5, 0.6) is 0 Å². The molecule has 0 amide bonds. The maximum atomic E-state index is 9.93. The van der Waals surface area contributed by atoms with Crippen LogP contribution in [0, 0.1) is 0 Å². The first kappa shape index (κ1) is 26.6. The van der Waals surface area contributed by atoms with Crippen LogP contribution in [0.1, 0.15) is 0 Å². The zero-order valence-corrected chi connectivity index (χ0v) is 18.5. The van der Waals surface area contributed by atoms with Gasteiger partial charge in [-0.2, -0.15) is 0 Å². The molecule has 2 aromatic rings. The van der Waals surface area contributed by atoms with Crippen molar-refractivity contribution in [3.05, 3.63) is 60.7 Å². The second-order valence-corrected chi connectivity index (χ2v) is 16.7. The summed E-state index contributed by atoms with van der Waals surface area (Å²) in [6.07, 6.45) is 0. The molecule has 2 rings (SSSR count). The number of halogens is 12.